The zero-order chi connectivity index (χ0) is 7.26. The molecule has 3 rings (SSSR count). The van der Waals surface area contributed by atoms with E-state index in [0.717, 1.165) is 18.5 Å². The highest BCUT2D eigenvalue weighted by atomic mass is 15.2. The summed E-state index contributed by atoms with van der Waals surface area (Å²) in [4.78, 5) is 2.50. The highest BCUT2D eigenvalue weighted by Gasteiger charge is 2.36. The van der Waals surface area contributed by atoms with Gasteiger partial charge in [-0.05, 0) is 12.5 Å². The second-order valence-electron chi connectivity index (χ2n) is 3.47. The fourth-order valence-electron chi connectivity index (χ4n) is 2.34. The number of fused-ring (bicyclic) bond motifs is 5. The Morgan fingerprint density at radius 3 is 3.27 bits per heavy atom. The van der Waals surface area contributed by atoms with Crippen LogP contribution >= 0.6 is 0 Å². The third kappa shape index (κ3) is 0.609. The lowest BCUT2D eigenvalue weighted by atomic mass is 10.1. The Hall–Kier alpha value is -0.980. The first-order chi connectivity index (χ1) is 5.45. The minimum atomic E-state index is 0.719. The minimum Gasteiger partial charge on any atom is -0.364 e. The van der Waals surface area contributed by atoms with E-state index in [4.69, 9.17) is 0 Å². The van der Waals surface area contributed by atoms with Gasteiger partial charge in [0.05, 0.1) is 0 Å². The number of hydrogen-bond acceptors (Lipinski definition) is 1. The lowest BCUT2D eigenvalue weighted by molar-refractivity contribution is 0.363. The van der Waals surface area contributed by atoms with Crippen LogP contribution in [-0.4, -0.2) is 17.5 Å². The van der Waals surface area contributed by atoms with Gasteiger partial charge in [-0.3, -0.25) is 0 Å². The molecule has 1 heteroatoms. The number of rotatable bonds is 0. The van der Waals surface area contributed by atoms with Crippen molar-refractivity contribution in [2.24, 2.45) is 5.92 Å². The summed E-state index contributed by atoms with van der Waals surface area (Å²) in [5, 5.41) is 0. The van der Waals surface area contributed by atoms with Crippen molar-refractivity contribution in [2.45, 2.75) is 12.5 Å². The minimum absolute atomic E-state index is 0.719. The lowest BCUT2D eigenvalue weighted by Crippen LogP contribution is -2.29. The Balaban J connectivity index is 2.08. The topological polar surface area (TPSA) is 3.24 Å². The van der Waals surface area contributed by atoms with Gasteiger partial charge >= 0.3 is 0 Å². The molecular weight excluding hydrogens is 134 g/mol. The maximum atomic E-state index is 2.50. The van der Waals surface area contributed by atoms with E-state index in [1.165, 1.54) is 6.42 Å². The van der Waals surface area contributed by atoms with E-state index in [1.807, 2.05) is 0 Å². The molecule has 0 radical (unpaired) electrons. The average Bonchev–Trinajstić information content (AvgIpc) is 2.64. The Bertz CT molecular complexity index is 273. The molecule has 11 heavy (non-hydrogen) atoms. The first-order valence-electron chi connectivity index (χ1n) is 4.27. The Morgan fingerprint density at radius 2 is 2.36 bits per heavy atom. The summed E-state index contributed by atoms with van der Waals surface area (Å²) >= 11 is 0. The maximum absolute atomic E-state index is 2.50. The summed E-state index contributed by atoms with van der Waals surface area (Å²) in [6, 6.07) is 0.719. The van der Waals surface area contributed by atoms with Gasteiger partial charge in [0.25, 0.3) is 0 Å². The van der Waals surface area contributed by atoms with Crippen molar-refractivity contribution in [3.63, 3.8) is 0 Å². The van der Waals surface area contributed by atoms with Crippen LogP contribution in [0.4, 0.5) is 0 Å². The van der Waals surface area contributed by atoms with Gasteiger partial charge in [-0.2, -0.15) is 0 Å². The van der Waals surface area contributed by atoms with Gasteiger partial charge in [0.2, 0.25) is 0 Å². The fraction of sp³-hybridized carbons (Fsp3) is 0.400. The molecule has 0 aromatic carbocycles. The molecule has 1 fully saturated rings. The largest absolute Gasteiger partial charge is 0.364 e. The van der Waals surface area contributed by atoms with Crippen molar-refractivity contribution in [1.82, 2.24) is 4.90 Å². The van der Waals surface area contributed by atoms with Crippen molar-refractivity contribution in [2.75, 3.05) is 6.54 Å². The lowest BCUT2D eigenvalue weighted by Gasteiger charge is -2.29. The van der Waals surface area contributed by atoms with Crippen LogP contribution in [0, 0.1) is 5.92 Å². The molecule has 2 unspecified atom stereocenters. The molecule has 0 aromatic heterocycles. The molecule has 56 valence electrons. The highest BCUT2D eigenvalue weighted by Crippen LogP contribution is 2.40. The smallest absolute Gasteiger partial charge is 0.0483 e. The van der Waals surface area contributed by atoms with Gasteiger partial charge in [-0.1, -0.05) is 24.3 Å². The van der Waals surface area contributed by atoms with E-state index in [0.29, 0.717) is 0 Å². The second kappa shape index (κ2) is 1.79. The number of nitrogens with zero attached hydrogens (tertiary/aromatic N) is 1. The highest BCUT2D eigenvalue weighted by molar-refractivity contribution is 5.33. The van der Waals surface area contributed by atoms with Crippen LogP contribution in [0.25, 0.3) is 0 Å². The van der Waals surface area contributed by atoms with E-state index < -0.39 is 0 Å². The van der Waals surface area contributed by atoms with Crippen LogP contribution in [0.3, 0.4) is 0 Å². The molecule has 2 heterocycles. The van der Waals surface area contributed by atoms with Crippen molar-refractivity contribution in [1.29, 1.82) is 0 Å². The quantitative estimate of drug-likeness (QED) is 0.469. The second-order valence-corrected chi connectivity index (χ2v) is 3.47. The van der Waals surface area contributed by atoms with Crippen LogP contribution in [0.1, 0.15) is 6.42 Å². The van der Waals surface area contributed by atoms with E-state index in [-0.39, 0.29) is 0 Å². The van der Waals surface area contributed by atoms with Crippen LogP contribution in [0.2, 0.25) is 0 Å². The van der Waals surface area contributed by atoms with Crippen LogP contribution in [-0.2, 0) is 0 Å². The normalized spacial score (nSPS) is 37.8. The van der Waals surface area contributed by atoms with Crippen molar-refractivity contribution >= 4 is 0 Å². The average molecular weight is 145 g/mol. The maximum Gasteiger partial charge on any atom is 0.0483 e. The Kier molecular flexibility index (Phi) is 0.916. The molecular formula is C10H11N. The first kappa shape index (κ1) is 5.64. The molecule has 2 bridgehead atoms. The molecule has 1 nitrogen and oxygen atoms in total. The monoisotopic (exact) mass is 145 g/mol. The van der Waals surface area contributed by atoms with Gasteiger partial charge in [-0.25, -0.2) is 0 Å². The summed E-state index contributed by atoms with van der Waals surface area (Å²) < 4.78 is 0. The van der Waals surface area contributed by atoms with E-state index in [9.17, 15) is 0 Å². The summed E-state index contributed by atoms with van der Waals surface area (Å²) in [7, 11) is 0. The molecule has 2 aliphatic heterocycles. The van der Waals surface area contributed by atoms with Gasteiger partial charge in [0.1, 0.15) is 0 Å². The van der Waals surface area contributed by atoms with E-state index >= 15 is 0 Å². The molecule has 0 spiro atoms. The van der Waals surface area contributed by atoms with Gasteiger partial charge in [0, 0.05) is 24.2 Å². The zero-order valence-corrected chi connectivity index (χ0v) is 6.40. The van der Waals surface area contributed by atoms with Crippen LogP contribution in [0.15, 0.2) is 36.1 Å². The first-order valence-corrected chi connectivity index (χ1v) is 4.27. The van der Waals surface area contributed by atoms with Crippen LogP contribution in [0.5, 0.6) is 0 Å². The molecule has 1 saturated heterocycles. The Morgan fingerprint density at radius 1 is 1.36 bits per heavy atom. The van der Waals surface area contributed by atoms with Gasteiger partial charge < -0.3 is 4.90 Å². The summed E-state index contributed by atoms with van der Waals surface area (Å²) in [5.41, 5.74) is 1.54. The van der Waals surface area contributed by atoms with Crippen molar-refractivity contribution in [3.05, 3.63) is 36.1 Å². The molecule has 0 saturated carbocycles. The zero-order valence-electron chi connectivity index (χ0n) is 6.40. The number of allylic oxidation sites excluding steroid dienone is 3. The predicted molar refractivity (Wildman–Crippen MR) is 45.0 cm³/mol. The SMILES string of the molecule is C1=CCN2C(=C1)C1C=CC2C1. The molecule has 0 N–H and O–H groups in total. The van der Waals surface area contributed by atoms with Crippen molar-refractivity contribution < 1.29 is 0 Å². The third-order valence-corrected chi connectivity index (χ3v) is 2.88. The molecule has 0 amide bonds. The molecule has 1 aliphatic carbocycles. The summed E-state index contributed by atoms with van der Waals surface area (Å²) in [6.07, 6.45) is 12.7. The predicted octanol–water partition coefficient (Wildman–Crippen LogP) is 1.70. The molecule has 0 aromatic rings. The summed E-state index contributed by atoms with van der Waals surface area (Å²) in [6.45, 7) is 1.12. The van der Waals surface area contributed by atoms with Gasteiger partial charge in [-0.15, -0.1) is 0 Å². The molecule has 3 aliphatic rings. The van der Waals surface area contributed by atoms with Crippen molar-refractivity contribution in [3.8, 4) is 0 Å². The Labute approximate surface area is 66.7 Å². The number of hydrogen-bond donors (Lipinski definition) is 0. The van der Waals surface area contributed by atoms with Crippen LogP contribution < -0.4 is 0 Å². The van der Waals surface area contributed by atoms with E-state index in [2.05, 4.69) is 35.3 Å². The van der Waals surface area contributed by atoms with E-state index in [1.54, 1.807) is 5.70 Å². The third-order valence-electron chi connectivity index (χ3n) is 2.88. The molecule has 2 atom stereocenters. The standard InChI is InChI=1S/C10H11N/c1-2-6-11-9-5-4-8(7-9)10(11)3-1/h1-5,8-9H,6-7H2. The van der Waals surface area contributed by atoms with Gasteiger partial charge in [0.15, 0.2) is 0 Å². The fourth-order valence-corrected chi connectivity index (χ4v) is 2.34. The summed E-state index contributed by atoms with van der Waals surface area (Å²) in [5.74, 6) is 0.741.